The van der Waals surface area contributed by atoms with Crippen LogP contribution in [0.1, 0.15) is 54.7 Å². The molecule has 3 atom stereocenters. The number of phenols is 1. The number of carbonyl (C=O) groups excluding carboxylic acids is 1. The Hall–Kier alpha value is -2.38. The first kappa shape index (κ1) is 21.2. The highest BCUT2D eigenvalue weighted by Crippen LogP contribution is 2.56. The second-order valence-electron chi connectivity index (χ2n) is 10.7. The SMILES string of the molecule is Cc1cc(CC(=O)N2CC[C@]34CCN(CC5CC5)[C@H](Cc5ccc(O)cc53)[C@]4(O)CC2)no1. The lowest BCUT2D eigenvalue weighted by atomic mass is 9.52. The van der Waals surface area contributed by atoms with Crippen molar-refractivity contribution in [1.29, 1.82) is 0 Å². The van der Waals surface area contributed by atoms with Crippen LogP contribution in [0.4, 0.5) is 0 Å². The van der Waals surface area contributed by atoms with Gasteiger partial charge in [0, 0.05) is 37.2 Å². The van der Waals surface area contributed by atoms with Crippen LogP contribution in [0.2, 0.25) is 0 Å². The number of aliphatic hydroxyl groups is 1. The van der Waals surface area contributed by atoms with Crippen molar-refractivity contribution in [3.8, 4) is 5.75 Å². The molecule has 2 aliphatic heterocycles. The van der Waals surface area contributed by atoms with Gasteiger partial charge in [-0.1, -0.05) is 11.2 Å². The molecule has 7 heteroatoms. The average Bonchev–Trinajstić information content (AvgIpc) is 3.53. The minimum Gasteiger partial charge on any atom is -0.508 e. The van der Waals surface area contributed by atoms with E-state index < -0.39 is 11.0 Å². The summed E-state index contributed by atoms with van der Waals surface area (Å²) in [6.07, 6.45) is 5.72. The third kappa shape index (κ3) is 3.39. The van der Waals surface area contributed by atoms with Crippen LogP contribution in [0, 0.1) is 12.8 Å². The van der Waals surface area contributed by atoms with Crippen LogP contribution < -0.4 is 0 Å². The Morgan fingerprint density at radius 1 is 1.18 bits per heavy atom. The van der Waals surface area contributed by atoms with Gasteiger partial charge in [-0.15, -0.1) is 0 Å². The van der Waals surface area contributed by atoms with Gasteiger partial charge in [-0.25, -0.2) is 0 Å². The number of hydrogen-bond acceptors (Lipinski definition) is 6. The van der Waals surface area contributed by atoms with E-state index >= 15 is 0 Å². The van der Waals surface area contributed by atoms with Crippen LogP contribution in [-0.4, -0.2) is 68.9 Å². The lowest BCUT2D eigenvalue weighted by Gasteiger charge is -2.61. The number of fused-ring (bicyclic) bond motifs is 1. The van der Waals surface area contributed by atoms with Crippen LogP contribution in [-0.2, 0) is 23.1 Å². The number of amides is 1. The van der Waals surface area contributed by atoms with E-state index in [1.165, 1.54) is 18.4 Å². The molecule has 6 rings (SSSR count). The molecule has 176 valence electrons. The Morgan fingerprint density at radius 3 is 2.73 bits per heavy atom. The van der Waals surface area contributed by atoms with Gasteiger partial charge in [-0.3, -0.25) is 9.69 Å². The minimum absolute atomic E-state index is 0.0301. The lowest BCUT2D eigenvalue weighted by molar-refractivity contribution is -0.149. The summed E-state index contributed by atoms with van der Waals surface area (Å²) in [5.41, 5.74) is 1.62. The summed E-state index contributed by atoms with van der Waals surface area (Å²) in [7, 11) is 0. The first-order valence-electron chi connectivity index (χ1n) is 12.4. The molecule has 2 aromatic rings. The molecule has 4 aliphatic rings. The number of aromatic nitrogens is 1. The van der Waals surface area contributed by atoms with Gasteiger partial charge >= 0.3 is 0 Å². The summed E-state index contributed by atoms with van der Waals surface area (Å²) in [5.74, 6) is 1.75. The van der Waals surface area contributed by atoms with E-state index in [9.17, 15) is 15.0 Å². The molecular formula is C26H33N3O4. The van der Waals surface area contributed by atoms with Gasteiger partial charge < -0.3 is 19.6 Å². The molecule has 1 aromatic carbocycles. The number of piperidine rings is 1. The number of hydrogen-bond donors (Lipinski definition) is 2. The quantitative estimate of drug-likeness (QED) is 0.743. The van der Waals surface area contributed by atoms with Gasteiger partial charge in [0.25, 0.3) is 0 Å². The zero-order chi connectivity index (χ0) is 22.8. The van der Waals surface area contributed by atoms with Gasteiger partial charge in [0.1, 0.15) is 11.5 Å². The topological polar surface area (TPSA) is 90.0 Å². The monoisotopic (exact) mass is 451 g/mol. The summed E-state index contributed by atoms with van der Waals surface area (Å²) in [6.45, 7) is 4.99. The smallest absolute Gasteiger partial charge is 0.228 e. The van der Waals surface area contributed by atoms with E-state index in [2.05, 4.69) is 10.1 Å². The second kappa shape index (κ2) is 7.57. The molecule has 0 spiro atoms. The molecule has 2 bridgehead atoms. The lowest BCUT2D eigenvalue weighted by Crippen LogP contribution is -2.71. The molecule has 3 heterocycles. The highest BCUT2D eigenvalue weighted by molar-refractivity contribution is 5.78. The number of nitrogens with zero attached hydrogens (tertiary/aromatic N) is 3. The summed E-state index contributed by atoms with van der Waals surface area (Å²) in [5, 5.41) is 26.8. The highest BCUT2D eigenvalue weighted by Gasteiger charge is 2.63. The molecule has 3 fully saturated rings. The molecular weight excluding hydrogens is 418 g/mol. The van der Waals surface area contributed by atoms with Crippen LogP contribution in [0.15, 0.2) is 28.8 Å². The van der Waals surface area contributed by atoms with Crippen molar-refractivity contribution in [3.63, 3.8) is 0 Å². The fourth-order valence-electron chi connectivity index (χ4n) is 6.88. The van der Waals surface area contributed by atoms with Gasteiger partial charge in [-0.05, 0) is 81.2 Å². The number of phenolic OH excluding ortho intramolecular Hbond substituents is 1. The molecule has 1 amide bonds. The number of aryl methyl sites for hydroxylation is 1. The van der Waals surface area contributed by atoms with Crippen LogP contribution in [0.25, 0.3) is 0 Å². The van der Waals surface area contributed by atoms with E-state index in [1.807, 2.05) is 30.0 Å². The maximum absolute atomic E-state index is 13.2. The Morgan fingerprint density at radius 2 is 1.97 bits per heavy atom. The van der Waals surface area contributed by atoms with Crippen LogP contribution >= 0.6 is 0 Å². The maximum Gasteiger partial charge on any atom is 0.228 e. The van der Waals surface area contributed by atoms with Crippen LogP contribution in [0.5, 0.6) is 5.75 Å². The zero-order valence-electron chi connectivity index (χ0n) is 19.3. The molecule has 7 nitrogen and oxygen atoms in total. The number of likely N-dealkylation sites (tertiary alicyclic amines) is 2. The van der Waals surface area contributed by atoms with Crippen molar-refractivity contribution < 1.29 is 19.5 Å². The van der Waals surface area contributed by atoms with E-state index in [4.69, 9.17) is 4.52 Å². The predicted octanol–water partition coefficient (Wildman–Crippen LogP) is 2.56. The Kier molecular flexibility index (Phi) is 4.86. The fourth-order valence-corrected chi connectivity index (χ4v) is 6.88. The average molecular weight is 452 g/mol. The maximum atomic E-state index is 13.2. The van der Waals surface area contributed by atoms with Crippen molar-refractivity contribution in [1.82, 2.24) is 15.0 Å². The van der Waals surface area contributed by atoms with Crippen molar-refractivity contribution >= 4 is 5.91 Å². The number of benzene rings is 1. The second-order valence-corrected chi connectivity index (χ2v) is 10.7. The van der Waals surface area contributed by atoms with E-state index in [-0.39, 0.29) is 24.1 Å². The van der Waals surface area contributed by atoms with Crippen molar-refractivity contribution in [2.24, 2.45) is 5.92 Å². The van der Waals surface area contributed by atoms with Gasteiger partial charge in [0.05, 0.1) is 17.7 Å². The number of aromatic hydroxyl groups is 1. The third-order valence-corrected chi connectivity index (χ3v) is 8.79. The molecule has 2 N–H and O–H groups in total. The van der Waals surface area contributed by atoms with Crippen LogP contribution in [0.3, 0.4) is 0 Å². The Balaban J connectivity index is 1.34. The molecule has 1 aromatic heterocycles. The minimum atomic E-state index is -0.916. The van der Waals surface area contributed by atoms with Crippen molar-refractivity contribution in [2.45, 2.75) is 68.9 Å². The van der Waals surface area contributed by atoms with Crippen molar-refractivity contribution in [3.05, 3.63) is 46.8 Å². The number of carbonyl (C=O) groups is 1. The first-order valence-corrected chi connectivity index (χ1v) is 12.4. The first-order chi connectivity index (χ1) is 15.9. The van der Waals surface area contributed by atoms with E-state index in [0.29, 0.717) is 37.4 Å². The molecule has 1 saturated carbocycles. The molecule has 0 unspecified atom stereocenters. The van der Waals surface area contributed by atoms with E-state index in [0.717, 1.165) is 37.4 Å². The molecule has 0 radical (unpaired) electrons. The van der Waals surface area contributed by atoms with Gasteiger partial charge in [-0.2, -0.15) is 0 Å². The normalized spacial score (nSPS) is 31.6. The number of rotatable bonds is 4. The zero-order valence-corrected chi connectivity index (χ0v) is 19.3. The highest BCUT2D eigenvalue weighted by atomic mass is 16.5. The third-order valence-electron chi connectivity index (χ3n) is 8.79. The Labute approximate surface area is 194 Å². The Bertz CT molecular complexity index is 1080. The van der Waals surface area contributed by atoms with Gasteiger partial charge in [0.15, 0.2) is 0 Å². The summed E-state index contributed by atoms with van der Waals surface area (Å²) < 4.78 is 5.14. The van der Waals surface area contributed by atoms with Gasteiger partial charge in [0.2, 0.25) is 5.91 Å². The molecule has 2 aliphatic carbocycles. The fraction of sp³-hybridized carbons (Fsp3) is 0.615. The van der Waals surface area contributed by atoms with E-state index in [1.54, 1.807) is 6.07 Å². The summed E-state index contributed by atoms with van der Waals surface area (Å²) in [4.78, 5) is 17.6. The van der Waals surface area contributed by atoms with Crippen molar-refractivity contribution in [2.75, 3.05) is 26.2 Å². The molecule has 33 heavy (non-hydrogen) atoms. The molecule has 2 saturated heterocycles. The standard InChI is InChI=1S/C26H33N3O4/c1-17-12-20(27-33-17)14-24(31)28-9-6-25-7-10-29(16-18-2-3-18)23(26(25,32)8-11-28)13-19-4-5-21(30)15-22(19)25/h4-5,12,15,18,23,30,32H,2-3,6-11,13-14,16H2,1H3/t23-,25+,26-/m1/s1. The summed E-state index contributed by atoms with van der Waals surface area (Å²) >= 11 is 0. The summed E-state index contributed by atoms with van der Waals surface area (Å²) in [6, 6.07) is 7.55. The largest absolute Gasteiger partial charge is 0.508 e. The predicted molar refractivity (Wildman–Crippen MR) is 122 cm³/mol.